The van der Waals surface area contributed by atoms with Gasteiger partial charge in [-0.15, -0.1) is 10.2 Å². The van der Waals surface area contributed by atoms with Crippen molar-refractivity contribution in [3.05, 3.63) is 65.9 Å². The van der Waals surface area contributed by atoms with Crippen LogP contribution in [0, 0.1) is 6.92 Å². The standard InChI is InChI=1S/C22H22F2N6O3S/c1-15-8-9-25-19(14-15)26-18-6-7-20(28-27-18)29-10-12-30(13-11-29)21(31)16-4-2-3-5-17(16)34(32,33)22(23)24/h2-9,14,22H,10-13H2,1H3,(H,25,26,27). The SMILES string of the molecule is Cc1ccnc(Nc2ccc(N3CCN(C(=O)c4ccccc4S(=O)(=O)C(F)F)CC3)nn2)c1. The number of hydrogen-bond donors (Lipinski definition) is 1. The average Bonchev–Trinajstić information content (AvgIpc) is 2.84. The lowest BCUT2D eigenvalue weighted by Crippen LogP contribution is -2.49. The van der Waals surface area contributed by atoms with Gasteiger partial charge < -0.3 is 15.1 Å². The lowest BCUT2D eigenvalue weighted by molar-refractivity contribution is 0.0742. The largest absolute Gasteiger partial charge is 0.352 e. The van der Waals surface area contributed by atoms with Crippen LogP contribution in [0.15, 0.2) is 59.6 Å². The third-order valence-electron chi connectivity index (χ3n) is 5.37. The normalized spacial score (nSPS) is 14.4. The van der Waals surface area contributed by atoms with E-state index in [-0.39, 0.29) is 18.7 Å². The van der Waals surface area contributed by atoms with Crippen LogP contribution in [-0.2, 0) is 9.84 Å². The van der Waals surface area contributed by atoms with Gasteiger partial charge in [-0.25, -0.2) is 13.4 Å². The van der Waals surface area contributed by atoms with Gasteiger partial charge >= 0.3 is 5.76 Å². The molecule has 3 aromatic rings. The lowest BCUT2D eigenvalue weighted by Gasteiger charge is -2.35. The van der Waals surface area contributed by atoms with E-state index in [1.54, 1.807) is 18.3 Å². The Labute approximate surface area is 195 Å². The van der Waals surface area contributed by atoms with E-state index in [1.807, 2.05) is 24.0 Å². The summed E-state index contributed by atoms with van der Waals surface area (Å²) in [6, 6.07) is 12.4. The van der Waals surface area contributed by atoms with Crippen LogP contribution < -0.4 is 10.2 Å². The Morgan fingerprint density at radius 1 is 1.00 bits per heavy atom. The van der Waals surface area contributed by atoms with Crippen molar-refractivity contribution < 1.29 is 22.0 Å². The van der Waals surface area contributed by atoms with Gasteiger partial charge in [0.2, 0.25) is 9.84 Å². The summed E-state index contributed by atoms with van der Waals surface area (Å²) >= 11 is 0. The highest BCUT2D eigenvalue weighted by Crippen LogP contribution is 2.24. The zero-order valence-electron chi connectivity index (χ0n) is 18.2. The number of halogens is 2. The molecule has 2 aromatic heterocycles. The molecule has 1 fully saturated rings. The molecule has 1 saturated heterocycles. The summed E-state index contributed by atoms with van der Waals surface area (Å²) in [7, 11) is -4.89. The molecule has 1 aromatic carbocycles. The number of amides is 1. The third kappa shape index (κ3) is 4.96. The number of nitrogens with zero attached hydrogens (tertiary/aromatic N) is 5. The second-order valence-corrected chi connectivity index (χ2v) is 9.59. The second-order valence-electron chi connectivity index (χ2n) is 7.70. The van der Waals surface area contributed by atoms with Gasteiger partial charge in [-0.05, 0) is 48.9 Å². The molecule has 1 aliphatic rings. The number of sulfone groups is 1. The molecule has 34 heavy (non-hydrogen) atoms. The highest BCUT2D eigenvalue weighted by atomic mass is 32.2. The number of aromatic nitrogens is 3. The van der Waals surface area contributed by atoms with Gasteiger partial charge in [0, 0.05) is 32.4 Å². The fourth-order valence-corrected chi connectivity index (χ4v) is 4.51. The van der Waals surface area contributed by atoms with Crippen LogP contribution in [0.2, 0.25) is 0 Å². The maximum Gasteiger partial charge on any atom is 0.341 e. The van der Waals surface area contributed by atoms with Crippen LogP contribution in [0.1, 0.15) is 15.9 Å². The molecule has 0 spiro atoms. The zero-order chi connectivity index (χ0) is 24.3. The van der Waals surface area contributed by atoms with Crippen molar-refractivity contribution in [1.29, 1.82) is 0 Å². The molecule has 1 aliphatic heterocycles. The highest BCUT2D eigenvalue weighted by Gasteiger charge is 2.33. The molecular formula is C22H22F2N6O3S. The fourth-order valence-electron chi connectivity index (χ4n) is 3.59. The molecule has 4 rings (SSSR count). The molecule has 1 amide bonds. The van der Waals surface area contributed by atoms with E-state index in [0.717, 1.165) is 11.6 Å². The molecule has 0 radical (unpaired) electrons. The number of anilines is 3. The molecule has 3 heterocycles. The zero-order valence-corrected chi connectivity index (χ0v) is 19.0. The molecule has 0 saturated carbocycles. The van der Waals surface area contributed by atoms with Crippen LogP contribution in [0.3, 0.4) is 0 Å². The highest BCUT2D eigenvalue weighted by molar-refractivity contribution is 7.91. The van der Waals surface area contributed by atoms with Crippen molar-refractivity contribution in [3.63, 3.8) is 0 Å². The first-order valence-corrected chi connectivity index (χ1v) is 12.0. The second kappa shape index (κ2) is 9.67. The Morgan fingerprint density at radius 3 is 2.38 bits per heavy atom. The number of aryl methyl sites for hydroxylation is 1. The summed E-state index contributed by atoms with van der Waals surface area (Å²) in [5.41, 5.74) is 0.806. The van der Waals surface area contributed by atoms with Crippen molar-refractivity contribution in [2.45, 2.75) is 17.6 Å². The Hall–Kier alpha value is -3.67. The molecule has 178 valence electrons. The third-order valence-corrected chi connectivity index (χ3v) is 6.81. The fraction of sp³-hybridized carbons (Fsp3) is 0.273. The molecule has 0 aliphatic carbocycles. The Balaban J connectivity index is 1.41. The average molecular weight is 489 g/mol. The predicted molar refractivity (Wildman–Crippen MR) is 122 cm³/mol. The first-order valence-electron chi connectivity index (χ1n) is 10.4. The molecule has 1 N–H and O–H groups in total. The number of pyridine rings is 1. The van der Waals surface area contributed by atoms with Crippen LogP contribution in [0.4, 0.5) is 26.2 Å². The number of carbonyl (C=O) groups excluding carboxylic acids is 1. The summed E-state index contributed by atoms with van der Waals surface area (Å²) in [6.07, 6.45) is 1.70. The predicted octanol–water partition coefficient (Wildman–Crippen LogP) is 2.88. The smallest absolute Gasteiger partial charge is 0.341 e. The molecular weight excluding hydrogens is 466 g/mol. The van der Waals surface area contributed by atoms with E-state index >= 15 is 0 Å². The number of alkyl halides is 2. The van der Waals surface area contributed by atoms with Crippen LogP contribution in [0.25, 0.3) is 0 Å². The van der Waals surface area contributed by atoms with Gasteiger partial charge in [-0.1, -0.05) is 12.1 Å². The Bertz CT molecular complexity index is 1280. The van der Waals surface area contributed by atoms with Crippen LogP contribution in [0.5, 0.6) is 0 Å². The van der Waals surface area contributed by atoms with Crippen molar-refractivity contribution >= 4 is 33.2 Å². The van der Waals surface area contributed by atoms with E-state index in [9.17, 15) is 22.0 Å². The first-order chi connectivity index (χ1) is 16.3. The summed E-state index contributed by atoms with van der Waals surface area (Å²) in [5, 5.41) is 11.5. The van der Waals surface area contributed by atoms with E-state index < -0.39 is 26.4 Å². The minimum Gasteiger partial charge on any atom is -0.352 e. The van der Waals surface area contributed by atoms with Crippen molar-refractivity contribution in [3.8, 4) is 0 Å². The number of rotatable bonds is 6. The molecule has 0 atom stereocenters. The maximum atomic E-state index is 13.1. The maximum absolute atomic E-state index is 13.1. The first kappa shape index (κ1) is 23.5. The minimum atomic E-state index is -4.89. The molecule has 0 bridgehead atoms. The monoisotopic (exact) mass is 488 g/mol. The Morgan fingerprint density at radius 2 is 1.74 bits per heavy atom. The van der Waals surface area contributed by atoms with E-state index in [1.165, 1.54) is 23.1 Å². The van der Waals surface area contributed by atoms with Gasteiger partial charge in [-0.3, -0.25) is 4.79 Å². The Kier molecular flexibility index (Phi) is 6.68. The number of nitrogens with one attached hydrogen (secondary N) is 1. The summed E-state index contributed by atoms with van der Waals surface area (Å²) in [6.45, 7) is 3.36. The van der Waals surface area contributed by atoms with Gasteiger partial charge in [-0.2, -0.15) is 8.78 Å². The van der Waals surface area contributed by atoms with Crippen molar-refractivity contribution in [2.75, 3.05) is 36.4 Å². The molecule has 0 unspecified atom stereocenters. The van der Waals surface area contributed by atoms with Crippen LogP contribution in [-0.4, -0.2) is 66.3 Å². The van der Waals surface area contributed by atoms with Gasteiger partial charge in [0.15, 0.2) is 11.6 Å². The topological polar surface area (TPSA) is 108 Å². The summed E-state index contributed by atoms with van der Waals surface area (Å²) in [5.74, 6) is -2.39. The van der Waals surface area contributed by atoms with E-state index in [0.29, 0.717) is 30.5 Å². The quantitative estimate of drug-likeness (QED) is 0.564. The number of hydrogen-bond acceptors (Lipinski definition) is 8. The van der Waals surface area contributed by atoms with Gasteiger partial charge in [0.05, 0.1) is 10.5 Å². The lowest BCUT2D eigenvalue weighted by atomic mass is 10.2. The van der Waals surface area contributed by atoms with Crippen molar-refractivity contribution in [2.24, 2.45) is 0 Å². The van der Waals surface area contributed by atoms with Gasteiger partial charge in [0.25, 0.3) is 5.91 Å². The van der Waals surface area contributed by atoms with Crippen LogP contribution >= 0.6 is 0 Å². The summed E-state index contributed by atoms with van der Waals surface area (Å²) in [4.78, 5) is 19.9. The van der Waals surface area contributed by atoms with E-state index in [4.69, 9.17) is 0 Å². The number of piperazine rings is 1. The number of carbonyl (C=O) groups is 1. The number of benzene rings is 1. The van der Waals surface area contributed by atoms with Gasteiger partial charge in [0.1, 0.15) is 5.82 Å². The molecule has 9 nitrogen and oxygen atoms in total. The van der Waals surface area contributed by atoms with Crippen molar-refractivity contribution in [1.82, 2.24) is 20.1 Å². The molecule has 12 heteroatoms. The van der Waals surface area contributed by atoms with E-state index in [2.05, 4.69) is 20.5 Å². The summed E-state index contributed by atoms with van der Waals surface area (Å²) < 4.78 is 50.1. The minimum absolute atomic E-state index is 0.253.